The molecule has 0 spiro atoms. The summed E-state index contributed by atoms with van der Waals surface area (Å²) >= 11 is 1.01. The van der Waals surface area contributed by atoms with Gasteiger partial charge in [0.2, 0.25) is 0 Å². The second-order valence-electron chi connectivity index (χ2n) is 5.20. The van der Waals surface area contributed by atoms with Gasteiger partial charge in [0.1, 0.15) is 10.7 Å². The minimum atomic E-state index is -4.64. The van der Waals surface area contributed by atoms with Crippen molar-refractivity contribution in [3.05, 3.63) is 51.4 Å². The molecule has 25 heavy (non-hydrogen) atoms. The van der Waals surface area contributed by atoms with E-state index in [-0.39, 0.29) is 15.9 Å². The van der Waals surface area contributed by atoms with Crippen molar-refractivity contribution in [2.24, 2.45) is 12.8 Å². The molecular weight excluding hydrogens is 357 g/mol. The predicted octanol–water partition coefficient (Wildman–Crippen LogP) is 2.86. The SMILES string of the molecule is Cn1c(C(F)(F)F)cc(=O)c2ccc(Nc3cnc(C(N)=O)s3)cc21. The van der Waals surface area contributed by atoms with Gasteiger partial charge < -0.3 is 15.6 Å². The molecular formula is C15H11F3N4O2S. The van der Waals surface area contributed by atoms with E-state index in [1.54, 1.807) is 6.07 Å². The van der Waals surface area contributed by atoms with Gasteiger partial charge in [0.05, 0.1) is 11.7 Å². The number of carbonyl (C=O) groups is 1. The van der Waals surface area contributed by atoms with E-state index < -0.39 is 23.2 Å². The Morgan fingerprint density at radius 3 is 2.64 bits per heavy atom. The van der Waals surface area contributed by atoms with Gasteiger partial charge >= 0.3 is 6.18 Å². The topological polar surface area (TPSA) is 90.0 Å². The van der Waals surface area contributed by atoms with Gasteiger partial charge in [0, 0.05) is 24.2 Å². The number of amides is 1. The summed E-state index contributed by atoms with van der Waals surface area (Å²) in [6.07, 6.45) is -3.25. The minimum absolute atomic E-state index is 0.107. The maximum atomic E-state index is 13.1. The van der Waals surface area contributed by atoms with Crippen LogP contribution in [-0.2, 0) is 13.2 Å². The number of primary amides is 1. The number of nitrogens with two attached hydrogens (primary N) is 1. The summed E-state index contributed by atoms with van der Waals surface area (Å²) in [4.78, 5) is 26.8. The average molecular weight is 368 g/mol. The zero-order chi connectivity index (χ0) is 18.4. The van der Waals surface area contributed by atoms with Crippen LogP contribution in [0.4, 0.5) is 23.9 Å². The van der Waals surface area contributed by atoms with Gasteiger partial charge in [-0.25, -0.2) is 4.98 Å². The van der Waals surface area contributed by atoms with Crippen LogP contribution in [-0.4, -0.2) is 15.5 Å². The van der Waals surface area contributed by atoms with E-state index in [4.69, 9.17) is 5.73 Å². The predicted molar refractivity (Wildman–Crippen MR) is 88.1 cm³/mol. The molecule has 0 aliphatic carbocycles. The van der Waals surface area contributed by atoms with E-state index in [2.05, 4.69) is 10.3 Å². The summed E-state index contributed by atoms with van der Waals surface area (Å²) in [6, 6.07) is 5.00. The zero-order valence-corrected chi connectivity index (χ0v) is 13.5. The van der Waals surface area contributed by atoms with Gasteiger partial charge in [0.15, 0.2) is 10.4 Å². The average Bonchev–Trinajstić information content (AvgIpc) is 2.98. The molecule has 0 unspecified atom stereocenters. The fraction of sp³-hybridized carbons (Fsp3) is 0.133. The molecule has 0 aliphatic rings. The van der Waals surface area contributed by atoms with E-state index in [1.807, 2.05) is 0 Å². The van der Waals surface area contributed by atoms with Crippen LogP contribution in [0.1, 0.15) is 15.5 Å². The molecule has 0 fully saturated rings. The largest absolute Gasteiger partial charge is 0.431 e. The van der Waals surface area contributed by atoms with Crippen LogP contribution >= 0.6 is 11.3 Å². The lowest BCUT2D eigenvalue weighted by Crippen LogP contribution is -2.19. The first kappa shape index (κ1) is 17.0. The lowest BCUT2D eigenvalue weighted by Gasteiger charge is -2.15. The fourth-order valence-electron chi connectivity index (χ4n) is 2.38. The summed E-state index contributed by atoms with van der Waals surface area (Å²) in [5.41, 5.74) is 3.96. The summed E-state index contributed by atoms with van der Waals surface area (Å²) < 4.78 is 40.1. The van der Waals surface area contributed by atoms with Crippen LogP contribution < -0.4 is 16.5 Å². The van der Waals surface area contributed by atoms with Crippen LogP contribution in [0.15, 0.2) is 35.3 Å². The van der Waals surface area contributed by atoms with E-state index >= 15 is 0 Å². The van der Waals surface area contributed by atoms with Crippen molar-refractivity contribution in [2.75, 3.05) is 5.32 Å². The number of fused-ring (bicyclic) bond motifs is 1. The number of hydrogen-bond acceptors (Lipinski definition) is 5. The van der Waals surface area contributed by atoms with Crippen LogP contribution in [0.2, 0.25) is 0 Å². The zero-order valence-electron chi connectivity index (χ0n) is 12.7. The van der Waals surface area contributed by atoms with Gasteiger partial charge in [0.25, 0.3) is 5.91 Å². The number of aryl methyl sites for hydroxylation is 1. The Bertz CT molecular complexity index is 1040. The number of aromatic nitrogens is 2. The van der Waals surface area contributed by atoms with Crippen LogP contribution in [0, 0.1) is 0 Å². The van der Waals surface area contributed by atoms with Crippen molar-refractivity contribution in [1.29, 1.82) is 0 Å². The number of pyridine rings is 1. The fourth-order valence-corrected chi connectivity index (χ4v) is 3.07. The standard InChI is InChI=1S/C15H11F3N4O2S/c1-22-9-4-7(21-12-6-20-14(25-12)13(19)24)2-3-8(9)10(23)5-11(22)15(16,17)18/h2-6,21H,1H3,(H2,19,24). The number of nitrogens with zero attached hydrogens (tertiary/aromatic N) is 2. The molecule has 3 rings (SSSR count). The lowest BCUT2D eigenvalue weighted by atomic mass is 10.1. The third-order valence-electron chi connectivity index (χ3n) is 3.53. The first-order valence-electron chi connectivity index (χ1n) is 6.90. The highest BCUT2D eigenvalue weighted by Crippen LogP contribution is 2.31. The Morgan fingerprint density at radius 1 is 1.32 bits per heavy atom. The second-order valence-corrected chi connectivity index (χ2v) is 6.23. The summed E-state index contributed by atoms with van der Waals surface area (Å²) in [6.45, 7) is 0. The van der Waals surface area contributed by atoms with E-state index in [0.29, 0.717) is 16.8 Å². The Morgan fingerprint density at radius 2 is 2.04 bits per heavy atom. The molecule has 10 heteroatoms. The van der Waals surface area contributed by atoms with Crippen molar-refractivity contribution in [2.45, 2.75) is 6.18 Å². The number of benzene rings is 1. The second kappa shape index (κ2) is 5.88. The molecule has 0 aliphatic heterocycles. The number of alkyl halides is 3. The minimum Gasteiger partial charge on any atom is -0.364 e. The highest BCUT2D eigenvalue weighted by molar-refractivity contribution is 7.17. The van der Waals surface area contributed by atoms with Crippen LogP contribution in [0.25, 0.3) is 10.9 Å². The quantitative estimate of drug-likeness (QED) is 0.744. The molecule has 6 nitrogen and oxygen atoms in total. The molecule has 3 aromatic rings. The summed E-state index contributed by atoms with van der Waals surface area (Å²) in [5, 5.41) is 3.69. The normalized spacial score (nSPS) is 11.7. The number of rotatable bonds is 3. The van der Waals surface area contributed by atoms with Crippen molar-refractivity contribution >= 4 is 38.8 Å². The molecule has 1 aromatic carbocycles. The molecule has 0 radical (unpaired) electrons. The molecule has 2 heterocycles. The third kappa shape index (κ3) is 3.20. The Labute approximate surface area is 142 Å². The molecule has 0 saturated heterocycles. The van der Waals surface area contributed by atoms with E-state index in [1.165, 1.54) is 25.4 Å². The maximum Gasteiger partial charge on any atom is 0.431 e. The van der Waals surface area contributed by atoms with E-state index in [9.17, 15) is 22.8 Å². The number of hydrogen-bond donors (Lipinski definition) is 2. The van der Waals surface area contributed by atoms with Gasteiger partial charge in [-0.1, -0.05) is 11.3 Å². The van der Waals surface area contributed by atoms with E-state index in [0.717, 1.165) is 15.9 Å². The monoisotopic (exact) mass is 368 g/mol. The first-order valence-corrected chi connectivity index (χ1v) is 7.72. The van der Waals surface area contributed by atoms with Crippen LogP contribution in [0.3, 0.4) is 0 Å². The van der Waals surface area contributed by atoms with Gasteiger partial charge in [-0.2, -0.15) is 13.2 Å². The maximum absolute atomic E-state index is 13.1. The Balaban J connectivity index is 2.07. The Hall–Kier alpha value is -2.88. The number of halogens is 3. The first-order chi connectivity index (χ1) is 11.7. The van der Waals surface area contributed by atoms with Crippen molar-refractivity contribution in [1.82, 2.24) is 9.55 Å². The molecule has 0 bridgehead atoms. The molecule has 0 atom stereocenters. The van der Waals surface area contributed by atoms with Crippen molar-refractivity contribution in [3.63, 3.8) is 0 Å². The highest BCUT2D eigenvalue weighted by Gasteiger charge is 2.34. The number of nitrogens with one attached hydrogen (secondary N) is 1. The van der Waals surface area contributed by atoms with Crippen molar-refractivity contribution in [3.8, 4) is 0 Å². The van der Waals surface area contributed by atoms with Gasteiger partial charge in [-0.3, -0.25) is 9.59 Å². The highest BCUT2D eigenvalue weighted by atomic mass is 32.1. The smallest absolute Gasteiger partial charge is 0.364 e. The number of carbonyl (C=O) groups excluding carboxylic acids is 1. The molecule has 1 amide bonds. The lowest BCUT2D eigenvalue weighted by molar-refractivity contribution is -0.143. The molecule has 130 valence electrons. The van der Waals surface area contributed by atoms with Gasteiger partial charge in [-0.05, 0) is 18.2 Å². The molecule has 2 aromatic heterocycles. The summed E-state index contributed by atoms with van der Waals surface area (Å²) in [7, 11) is 1.24. The third-order valence-corrected chi connectivity index (χ3v) is 4.46. The Kier molecular flexibility index (Phi) is 3.99. The number of thiazole rings is 1. The summed E-state index contributed by atoms with van der Waals surface area (Å²) in [5.74, 6) is -0.672. The molecule has 0 saturated carbocycles. The number of anilines is 2. The van der Waals surface area contributed by atoms with Crippen molar-refractivity contribution < 1.29 is 18.0 Å². The molecule has 3 N–H and O–H groups in total. The van der Waals surface area contributed by atoms with Gasteiger partial charge in [-0.15, -0.1) is 0 Å². The van der Waals surface area contributed by atoms with Crippen LogP contribution in [0.5, 0.6) is 0 Å².